The number of aromatic amines is 2. The molecular weight excluding hydrogens is 278 g/mol. The third-order valence-corrected chi connectivity index (χ3v) is 3.84. The highest BCUT2D eigenvalue weighted by atomic mass is 16.1. The predicted molar refractivity (Wildman–Crippen MR) is 85.5 cm³/mol. The normalized spacial score (nSPS) is 11.8. The minimum atomic E-state index is -0.150. The van der Waals surface area contributed by atoms with Crippen LogP contribution in [0.4, 0.5) is 0 Å². The number of carbonyl (C=O) groups is 1. The van der Waals surface area contributed by atoms with E-state index in [4.69, 9.17) is 0 Å². The van der Waals surface area contributed by atoms with Crippen LogP contribution < -0.4 is 5.32 Å². The second-order valence-corrected chi connectivity index (χ2v) is 6.14. The molecule has 0 bridgehead atoms. The Kier molecular flexibility index (Phi) is 3.44. The van der Waals surface area contributed by atoms with Gasteiger partial charge in [0, 0.05) is 17.7 Å². The number of amides is 1. The van der Waals surface area contributed by atoms with Gasteiger partial charge in [0.15, 0.2) is 5.82 Å². The molecule has 1 amide bonds. The molecular formula is C16H19N5O. The summed E-state index contributed by atoms with van der Waals surface area (Å²) in [6.07, 6.45) is 0.731. The minimum Gasteiger partial charge on any atom is -0.358 e. The molecule has 0 saturated heterocycles. The van der Waals surface area contributed by atoms with Gasteiger partial charge in [-0.15, -0.1) is 0 Å². The fourth-order valence-corrected chi connectivity index (χ4v) is 2.49. The number of benzene rings is 1. The van der Waals surface area contributed by atoms with Gasteiger partial charge in [-0.2, -0.15) is 5.10 Å². The summed E-state index contributed by atoms with van der Waals surface area (Å²) < 4.78 is 0. The number of hydrogen-bond acceptors (Lipinski definition) is 3. The molecule has 0 saturated carbocycles. The first-order valence-corrected chi connectivity index (χ1v) is 7.19. The lowest BCUT2D eigenvalue weighted by atomic mass is 9.84. The molecule has 3 rings (SSSR count). The smallest absolute Gasteiger partial charge is 0.207 e. The number of imidazole rings is 1. The standard InChI is InChI=1S/C16H19N5O/c1-10-6-14(21-20-10)15-18-12-5-4-11(7-13(12)19-15)16(2,3)8-17-9-22/h4-7,9H,8H2,1-3H3,(H,17,22)(H,18,19)(H,20,21). The zero-order chi connectivity index (χ0) is 15.7. The molecule has 6 heteroatoms. The fourth-order valence-electron chi connectivity index (χ4n) is 2.49. The van der Waals surface area contributed by atoms with Gasteiger partial charge in [-0.25, -0.2) is 4.98 Å². The van der Waals surface area contributed by atoms with Gasteiger partial charge in [-0.1, -0.05) is 19.9 Å². The summed E-state index contributed by atoms with van der Waals surface area (Å²) in [4.78, 5) is 18.4. The number of hydrogen-bond donors (Lipinski definition) is 3. The predicted octanol–water partition coefficient (Wildman–Crippen LogP) is 2.29. The highest BCUT2D eigenvalue weighted by Gasteiger charge is 2.21. The molecule has 0 aliphatic carbocycles. The van der Waals surface area contributed by atoms with E-state index in [9.17, 15) is 4.79 Å². The van der Waals surface area contributed by atoms with E-state index in [-0.39, 0.29) is 5.41 Å². The molecule has 0 atom stereocenters. The number of carbonyl (C=O) groups excluding carboxylic acids is 1. The van der Waals surface area contributed by atoms with Crippen molar-refractivity contribution >= 4 is 17.4 Å². The van der Waals surface area contributed by atoms with E-state index < -0.39 is 0 Å². The first-order valence-electron chi connectivity index (χ1n) is 7.19. The van der Waals surface area contributed by atoms with Crippen molar-refractivity contribution in [3.63, 3.8) is 0 Å². The summed E-state index contributed by atoms with van der Waals surface area (Å²) >= 11 is 0. The van der Waals surface area contributed by atoms with Crippen molar-refractivity contribution in [3.05, 3.63) is 35.5 Å². The van der Waals surface area contributed by atoms with Crippen molar-refractivity contribution in [2.75, 3.05) is 6.54 Å². The van der Waals surface area contributed by atoms with Crippen LogP contribution >= 0.6 is 0 Å². The third-order valence-electron chi connectivity index (χ3n) is 3.84. The first-order chi connectivity index (χ1) is 10.5. The van der Waals surface area contributed by atoms with Crippen LogP contribution in [0, 0.1) is 6.92 Å². The maximum absolute atomic E-state index is 10.5. The number of rotatable bonds is 5. The van der Waals surface area contributed by atoms with E-state index in [1.165, 1.54) is 0 Å². The van der Waals surface area contributed by atoms with Crippen LogP contribution in [0.5, 0.6) is 0 Å². The van der Waals surface area contributed by atoms with Crippen molar-refractivity contribution < 1.29 is 4.79 Å². The molecule has 6 nitrogen and oxygen atoms in total. The van der Waals surface area contributed by atoms with E-state index >= 15 is 0 Å². The Morgan fingerprint density at radius 3 is 2.82 bits per heavy atom. The van der Waals surface area contributed by atoms with Gasteiger partial charge in [-0.05, 0) is 30.7 Å². The van der Waals surface area contributed by atoms with Crippen LogP contribution in [0.1, 0.15) is 25.1 Å². The Morgan fingerprint density at radius 2 is 2.14 bits per heavy atom. The lowest BCUT2D eigenvalue weighted by molar-refractivity contribution is -0.109. The van der Waals surface area contributed by atoms with E-state index in [0.29, 0.717) is 6.54 Å². The fraction of sp³-hybridized carbons (Fsp3) is 0.312. The second kappa shape index (κ2) is 5.29. The molecule has 1 aromatic carbocycles. The monoisotopic (exact) mass is 297 g/mol. The average molecular weight is 297 g/mol. The Balaban J connectivity index is 1.98. The highest BCUT2D eigenvalue weighted by Crippen LogP contribution is 2.27. The van der Waals surface area contributed by atoms with Gasteiger partial charge in [0.05, 0.1) is 11.0 Å². The molecule has 2 aromatic heterocycles. The van der Waals surface area contributed by atoms with Crippen LogP contribution in [0.2, 0.25) is 0 Å². The van der Waals surface area contributed by atoms with Crippen molar-refractivity contribution in [1.29, 1.82) is 0 Å². The van der Waals surface area contributed by atoms with Crippen LogP contribution in [0.25, 0.3) is 22.6 Å². The SMILES string of the molecule is Cc1cc(-c2nc3ccc(C(C)(C)CNC=O)cc3[nH]2)n[nH]1. The van der Waals surface area contributed by atoms with E-state index in [0.717, 1.165) is 40.2 Å². The average Bonchev–Trinajstić information content (AvgIpc) is 3.10. The van der Waals surface area contributed by atoms with Crippen LogP contribution in [0.15, 0.2) is 24.3 Å². The van der Waals surface area contributed by atoms with Gasteiger partial charge < -0.3 is 10.3 Å². The quantitative estimate of drug-likeness (QED) is 0.631. The van der Waals surface area contributed by atoms with E-state index in [1.54, 1.807) is 0 Å². The summed E-state index contributed by atoms with van der Waals surface area (Å²) in [7, 11) is 0. The maximum atomic E-state index is 10.5. The van der Waals surface area contributed by atoms with Crippen LogP contribution in [0.3, 0.4) is 0 Å². The maximum Gasteiger partial charge on any atom is 0.207 e. The van der Waals surface area contributed by atoms with Crippen LogP contribution in [-0.4, -0.2) is 33.1 Å². The molecule has 0 unspecified atom stereocenters. The largest absolute Gasteiger partial charge is 0.358 e. The lowest BCUT2D eigenvalue weighted by Crippen LogP contribution is -2.32. The number of fused-ring (bicyclic) bond motifs is 1. The molecule has 2 heterocycles. The van der Waals surface area contributed by atoms with Gasteiger partial charge in [0.2, 0.25) is 6.41 Å². The summed E-state index contributed by atoms with van der Waals surface area (Å²) in [5.41, 5.74) is 4.66. The minimum absolute atomic E-state index is 0.150. The number of aryl methyl sites for hydroxylation is 1. The second-order valence-electron chi connectivity index (χ2n) is 6.14. The highest BCUT2D eigenvalue weighted by molar-refractivity contribution is 5.79. The molecule has 3 N–H and O–H groups in total. The topological polar surface area (TPSA) is 86.5 Å². The van der Waals surface area contributed by atoms with Crippen molar-refractivity contribution in [2.24, 2.45) is 0 Å². The summed E-state index contributed by atoms with van der Waals surface area (Å²) in [5.74, 6) is 0.750. The Bertz CT molecular complexity index is 815. The van der Waals surface area contributed by atoms with Gasteiger partial charge in [-0.3, -0.25) is 9.89 Å². The molecule has 0 spiro atoms. The number of aromatic nitrogens is 4. The molecule has 0 fully saturated rings. The number of nitrogens with zero attached hydrogens (tertiary/aromatic N) is 2. The lowest BCUT2D eigenvalue weighted by Gasteiger charge is -2.24. The van der Waals surface area contributed by atoms with E-state index in [2.05, 4.69) is 51.5 Å². The summed E-state index contributed by atoms with van der Waals surface area (Å²) in [5, 5.41) is 9.89. The zero-order valence-electron chi connectivity index (χ0n) is 12.9. The third kappa shape index (κ3) is 2.59. The molecule has 114 valence electrons. The van der Waals surface area contributed by atoms with Gasteiger partial charge in [0.1, 0.15) is 5.69 Å². The van der Waals surface area contributed by atoms with Crippen molar-refractivity contribution in [3.8, 4) is 11.5 Å². The summed E-state index contributed by atoms with van der Waals surface area (Å²) in [6.45, 7) is 6.74. The van der Waals surface area contributed by atoms with Gasteiger partial charge in [0.25, 0.3) is 0 Å². The molecule has 22 heavy (non-hydrogen) atoms. The Morgan fingerprint density at radius 1 is 1.32 bits per heavy atom. The first kappa shape index (κ1) is 14.3. The number of H-pyrrole nitrogens is 2. The molecule has 3 aromatic rings. The Labute approximate surface area is 128 Å². The molecule has 0 aliphatic heterocycles. The number of nitrogens with one attached hydrogen (secondary N) is 3. The zero-order valence-corrected chi connectivity index (χ0v) is 12.9. The van der Waals surface area contributed by atoms with E-state index in [1.807, 2.05) is 19.1 Å². The van der Waals surface area contributed by atoms with Crippen molar-refractivity contribution in [2.45, 2.75) is 26.2 Å². The molecule has 0 aliphatic rings. The van der Waals surface area contributed by atoms with Crippen molar-refractivity contribution in [1.82, 2.24) is 25.5 Å². The van der Waals surface area contributed by atoms with Gasteiger partial charge >= 0.3 is 0 Å². The van der Waals surface area contributed by atoms with Crippen LogP contribution in [-0.2, 0) is 10.2 Å². The molecule has 0 radical (unpaired) electrons. The Hall–Kier alpha value is -2.63. The summed E-state index contributed by atoms with van der Waals surface area (Å²) in [6, 6.07) is 8.08.